The molecule has 0 aliphatic carbocycles. The van der Waals surface area contributed by atoms with Crippen LogP contribution < -0.4 is 0 Å². The maximum atomic E-state index is 10.7. The Morgan fingerprint density at radius 2 is 0.970 bits per heavy atom. The molecule has 0 amide bonds. The lowest BCUT2D eigenvalue weighted by Gasteiger charge is -2.05. The van der Waals surface area contributed by atoms with Crippen molar-refractivity contribution < 1.29 is 9.90 Å². The second-order valence-corrected chi connectivity index (χ2v) is 10.9. The maximum Gasteiger partial charge on any atom is 0.307 e. The number of carbonyl (C=O) groups is 1. The van der Waals surface area contributed by atoms with Crippen LogP contribution in [0.2, 0.25) is 0 Å². The van der Waals surface area contributed by atoms with E-state index in [1.54, 1.807) is 0 Å². The molecule has 0 bridgehead atoms. The zero-order valence-corrected chi connectivity index (χ0v) is 22.4. The van der Waals surface area contributed by atoms with Gasteiger partial charge in [0.1, 0.15) is 0 Å². The first-order valence-electron chi connectivity index (χ1n) is 14.2. The minimum atomic E-state index is -0.764. The zero-order chi connectivity index (χ0) is 23.8. The third kappa shape index (κ3) is 20.2. The lowest BCUT2D eigenvalue weighted by molar-refractivity contribution is -0.136. The van der Waals surface area contributed by atoms with E-state index < -0.39 is 5.97 Å². The molecule has 0 aliphatic rings. The summed E-state index contributed by atoms with van der Waals surface area (Å²) < 4.78 is 0. The topological polar surface area (TPSA) is 37.3 Å². The molecule has 2 nitrogen and oxygen atoms in total. The minimum Gasteiger partial charge on any atom is -0.481 e. The SMILES string of the molecule is CCCCCCCCCCCCCCCCCCCCCCSc1ccc(CC(=O)O)cc1. The molecule has 0 aromatic heterocycles. The Labute approximate surface area is 209 Å². The average molecular weight is 477 g/mol. The predicted molar refractivity (Wildman–Crippen MR) is 147 cm³/mol. The Kier molecular flexibility index (Phi) is 20.8. The van der Waals surface area contributed by atoms with Crippen LogP contribution in [0.3, 0.4) is 0 Å². The van der Waals surface area contributed by atoms with Gasteiger partial charge in [0.2, 0.25) is 0 Å². The third-order valence-electron chi connectivity index (χ3n) is 6.55. The summed E-state index contributed by atoms with van der Waals surface area (Å²) in [6.07, 6.45) is 28.6. The van der Waals surface area contributed by atoms with Gasteiger partial charge in [-0.2, -0.15) is 0 Å². The van der Waals surface area contributed by atoms with E-state index >= 15 is 0 Å². The predicted octanol–water partition coefficient (Wildman–Crippen LogP) is 10.2. The first-order valence-corrected chi connectivity index (χ1v) is 15.1. The van der Waals surface area contributed by atoms with Crippen LogP contribution in [0.1, 0.15) is 141 Å². The summed E-state index contributed by atoms with van der Waals surface area (Å²) in [7, 11) is 0. The molecule has 0 spiro atoms. The molecule has 1 aromatic rings. The monoisotopic (exact) mass is 476 g/mol. The molecule has 1 aromatic carbocycles. The molecule has 1 N–H and O–H groups in total. The fourth-order valence-corrected chi connectivity index (χ4v) is 5.34. The molecule has 0 heterocycles. The van der Waals surface area contributed by atoms with Gasteiger partial charge >= 0.3 is 5.97 Å². The molecule has 0 saturated heterocycles. The van der Waals surface area contributed by atoms with Crippen LogP contribution in [0.4, 0.5) is 0 Å². The fourth-order valence-electron chi connectivity index (χ4n) is 4.43. The van der Waals surface area contributed by atoms with Crippen LogP contribution >= 0.6 is 11.8 Å². The van der Waals surface area contributed by atoms with E-state index in [4.69, 9.17) is 5.11 Å². The molecule has 3 heteroatoms. The van der Waals surface area contributed by atoms with Gasteiger partial charge in [-0.25, -0.2) is 0 Å². The van der Waals surface area contributed by atoms with Crippen LogP contribution in [0.25, 0.3) is 0 Å². The number of rotatable bonds is 24. The van der Waals surface area contributed by atoms with Crippen molar-refractivity contribution in [2.24, 2.45) is 0 Å². The summed E-state index contributed by atoms with van der Waals surface area (Å²) in [5.41, 5.74) is 0.880. The van der Waals surface area contributed by atoms with Gasteiger partial charge in [-0.3, -0.25) is 4.79 Å². The molecule has 0 aliphatic heterocycles. The van der Waals surface area contributed by atoms with Crippen molar-refractivity contribution in [1.29, 1.82) is 0 Å². The van der Waals surface area contributed by atoms with E-state index in [0.717, 1.165) is 11.3 Å². The Morgan fingerprint density at radius 1 is 0.606 bits per heavy atom. The van der Waals surface area contributed by atoms with Gasteiger partial charge in [0, 0.05) is 4.90 Å². The first kappa shape index (κ1) is 30.1. The Balaban J connectivity index is 1.75. The third-order valence-corrected chi connectivity index (χ3v) is 7.64. The van der Waals surface area contributed by atoms with Gasteiger partial charge in [0.15, 0.2) is 0 Å². The maximum absolute atomic E-state index is 10.7. The Morgan fingerprint density at radius 3 is 1.33 bits per heavy atom. The molecule has 0 saturated carbocycles. The number of carboxylic acids is 1. The van der Waals surface area contributed by atoms with Crippen LogP contribution in [-0.4, -0.2) is 16.8 Å². The summed E-state index contributed by atoms with van der Waals surface area (Å²) in [5.74, 6) is 0.400. The zero-order valence-electron chi connectivity index (χ0n) is 21.6. The highest BCUT2D eigenvalue weighted by Gasteiger charge is 2.01. The van der Waals surface area contributed by atoms with E-state index in [9.17, 15) is 4.79 Å². The van der Waals surface area contributed by atoms with E-state index in [1.165, 1.54) is 133 Å². The number of hydrogen-bond donors (Lipinski definition) is 1. The van der Waals surface area contributed by atoms with Crippen LogP contribution in [0, 0.1) is 0 Å². The highest BCUT2D eigenvalue weighted by atomic mass is 32.2. The van der Waals surface area contributed by atoms with E-state index in [1.807, 2.05) is 23.9 Å². The van der Waals surface area contributed by atoms with Crippen molar-refractivity contribution in [3.05, 3.63) is 29.8 Å². The average Bonchev–Trinajstić information content (AvgIpc) is 2.81. The van der Waals surface area contributed by atoms with Gasteiger partial charge in [0.25, 0.3) is 0 Å². The number of unbranched alkanes of at least 4 members (excludes halogenated alkanes) is 19. The summed E-state index contributed by atoms with van der Waals surface area (Å²) >= 11 is 1.89. The highest BCUT2D eigenvalue weighted by molar-refractivity contribution is 7.99. The quantitative estimate of drug-likeness (QED) is 0.119. The van der Waals surface area contributed by atoms with E-state index in [0.29, 0.717) is 0 Å². The van der Waals surface area contributed by atoms with Crippen LogP contribution in [-0.2, 0) is 11.2 Å². The van der Waals surface area contributed by atoms with Gasteiger partial charge in [-0.05, 0) is 29.9 Å². The number of carboxylic acid groups (broad SMARTS) is 1. The van der Waals surface area contributed by atoms with Crippen molar-refractivity contribution in [1.82, 2.24) is 0 Å². The lowest BCUT2D eigenvalue weighted by Crippen LogP contribution is -1.99. The molecule has 0 radical (unpaired) electrons. The van der Waals surface area contributed by atoms with Gasteiger partial charge in [-0.1, -0.05) is 141 Å². The first-order chi connectivity index (χ1) is 16.2. The molecular weight excluding hydrogens is 424 g/mol. The number of thioether (sulfide) groups is 1. The molecule has 190 valence electrons. The highest BCUT2D eigenvalue weighted by Crippen LogP contribution is 2.21. The van der Waals surface area contributed by atoms with E-state index in [2.05, 4.69) is 19.1 Å². The number of benzene rings is 1. The smallest absolute Gasteiger partial charge is 0.307 e. The van der Waals surface area contributed by atoms with Crippen molar-refractivity contribution in [2.75, 3.05) is 5.75 Å². The standard InChI is InChI=1S/C30H52O2S/c1-2-3-4-5-6-7-8-9-10-11-12-13-14-15-16-17-18-19-20-21-26-33-29-24-22-28(23-25-29)27-30(31)32/h22-25H,2-21,26-27H2,1H3,(H,31,32). The largest absolute Gasteiger partial charge is 0.481 e. The van der Waals surface area contributed by atoms with Crippen LogP contribution in [0.15, 0.2) is 29.2 Å². The normalized spacial score (nSPS) is 11.2. The number of aliphatic carboxylic acids is 1. The lowest BCUT2D eigenvalue weighted by atomic mass is 10.0. The van der Waals surface area contributed by atoms with Gasteiger partial charge in [0.05, 0.1) is 6.42 Å². The molecule has 33 heavy (non-hydrogen) atoms. The van der Waals surface area contributed by atoms with E-state index in [-0.39, 0.29) is 6.42 Å². The van der Waals surface area contributed by atoms with Crippen molar-refractivity contribution >= 4 is 17.7 Å². The molecule has 0 atom stereocenters. The molecule has 1 rings (SSSR count). The Hall–Kier alpha value is -0.960. The summed E-state index contributed by atoms with van der Waals surface area (Å²) in [4.78, 5) is 12.0. The fraction of sp³-hybridized carbons (Fsp3) is 0.767. The molecule has 0 unspecified atom stereocenters. The van der Waals surface area contributed by atoms with Gasteiger partial charge in [-0.15, -0.1) is 11.8 Å². The second kappa shape index (κ2) is 22.8. The Bertz CT molecular complexity index is 555. The minimum absolute atomic E-state index is 0.115. The summed E-state index contributed by atoms with van der Waals surface area (Å²) in [6, 6.07) is 7.99. The number of hydrogen-bond acceptors (Lipinski definition) is 2. The summed E-state index contributed by atoms with van der Waals surface area (Å²) in [6.45, 7) is 2.29. The van der Waals surface area contributed by atoms with Gasteiger partial charge < -0.3 is 5.11 Å². The second-order valence-electron chi connectivity index (χ2n) is 9.78. The van der Waals surface area contributed by atoms with Crippen LogP contribution in [0.5, 0.6) is 0 Å². The molecular formula is C30H52O2S. The van der Waals surface area contributed by atoms with Crippen molar-refractivity contribution in [2.45, 2.75) is 147 Å². The van der Waals surface area contributed by atoms with Crippen molar-refractivity contribution in [3.8, 4) is 0 Å². The molecule has 0 fully saturated rings. The summed E-state index contributed by atoms with van der Waals surface area (Å²) in [5, 5.41) is 8.82. The van der Waals surface area contributed by atoms with Crippen molar-refractivity contribution in [3.63, 3.8) is 0 Å².